The molecule has 9 heteroatoms. The van der Waals surface area contributed by atoms with E-state index in [1.807, 2.05) is 72.3 Å². The molecule has 3 aromatic carbocycles. The predicted octanol–water partition coefficient (Wildman–Crippen LogP) is 5.91. The number of imidazole rings is 2. The molecule has 0 saturated heterocycles. The zero-order valence-electron chi connectivity index (χ0n) is 20.9. The quantitative estimate of drug-likeness (QED) is 0.266. The molecule has 0 aliphatic heterocycles. The van der Waals surface area contributed by atoms with Crippen LogP contribution in [-0.2, 0) is 0 Å². The second-order valence-corrected chi connectivity index (χ2v) is 9.30. The van der Waals surface area contributed by atoms with Crippen LogP contribution in [0.25, 0.3) is 50.3 Å². The number of aryl methyl sites for hydroxylation is 1. The van der Waals surface area contributed by atoms with Crippen molar-refractivity contribution < 1.29 is 4.79 Å². The Morgan fingerprint density at radius 2 is 1.82 bits per heavy atom. The van der Waals surface area contributed by atoms with Gasteiger partial charge in [-0.3, -0.25) is 14.9 Å². The highest BCUT2D eigenvalue weighted by atomic mass is 16.1. The van der Waals surface area contributed by atoms with Crippen molar-refractivity contribution >= 4 is 33.5 Å². The summed E-state index contributed by atoms with van der Waals surface area (Å²) in [6.45, 7) is 1.96. The van der Waals surface area contributed by atoms with E-state index in [0.717, 1.165) is 50.1 Å². The second-order valence-electron chi connectivity index (χ2n) is 9.30. The van der Waals surface area contributed by atoms with Crippen LogP contribution in [0.5, 0.6) is 0 Å². The monoisotopic (exact) mass is 510 g/mol. The third kappa shape index (κ3) is 4.11. The summed E-state index contributed by atoms with van der Waals surface area (Å²) in [6, 6.07) is 23.1. The van der Waals surface area contributed by atoms with Gasteiger partial charge in [-0.2, -0.15) is 5.10 Å². The van der Waals surface area contributed by atoms with E-state index in [-0.39, 0.29) is 5.91 Å². The molecule has 0 fully saturated rings. The number of hydrogen-bond donors (Lipinski definition) is 3. The molecule has 188 valence electrons. The summed E-state index contributed by atoms with van der Waals surface area (Å²) in [5.74, 6) is 0.483. The molecule has 39 heavy (non-hydrogen) atoms. The number of aromatic amines is 2. The van der Waals surface area contributed by atoms with E-state index in [1.54, 1.807) is 30.9 Å². The first-order valence-electron chi connectivity index (χ1n) is 12.4. The van der Waals surface area contributed by atoms with Gasteiger partial charge in [0.1, 0.15) is 11.2 Å². The highest BCUT2D eigenvalue weighted by Gasteiger charge is 2.16. The number of fused-ring (bicyclic) bond motifs is 2. The number of para-hydroxylation sites is 1. The lowest BCUT2D eigenvalue weighted by atomic mass is 10.0. The first-order valence-corrected chi connectivity index (χ1v) is 12.4. The highest BCUT2D eigenvalue weighted by molar-refractivity contribution is 6.04. The Kier molecular flexibility index (Phi) is 5.26. The molecule has 4 aromatic heterocycles. The number of benzene rings is 3. The molecule has 0 aliphatic rings. The number of nitrogens with one attached hydrogen (secondary N) is 3. The van der Waals surface area contributed by atoms with Gasteiger partial charge in [-0.15, -0.1) is 0 Å². The maximum atomic E-state index is 12.6. The fourth-order valence-electron chi connectivity index (χ4n) is 4.72. The van der Waals surface area contributed by atoms with E-state index in [1.165, 1.54) is 0 Å². The Bertz CT molecular complexity index is 1980. The summed E-state index contributed by atoms with van der Waals surface area (Å²) in [5, 5.41) is 11.6. The maximum Gasteiger partial charge on any atom is 0.255 e. The minimum atomic E-state index is -0.183. The van der Waals surface area contributed by atoms with Crippen molar-refractivity contribution in [1.29, 1.82) is 0 Å². The number of rotatable bonds is 5. The van der Waals surface area contributed by atoms with E-state index in [2.05, 4.69) is 36.5 Å². The lowest BCUT2D eigenvalue weighted by molar-refractivity contribution is 0.102. The minimum Gasteiger partial charge on any atom is -0.336 e. The van der Waals surface area contributed by atoms with E-state index >= 15 is 0 Å². The highest BCUT2D eigenvalue weighted by Crippen LogP contribution is 2.32. The topological polar surface area (TPSA) is 117 Å². The van der Waals surface area contributed by atoms with Gasteiger partial charge in [0.05, 0.1) is 40.6 Å². The Morgan fingerprint density at radius 3 is 2.67 bits per heavy atom. The number of carbonyl (C=O) groups excluding carboxylic acids is 1. The number of amides is 1. The van der Waals surface area contributed by atoms with E-state index < -0.39 is 0 Å². The molecule has 7 rings (SSSR count). The van der Waals surface area contributed by atoms with Crippen LogP contribution in [0.1, 0.15) is 16.1 Å². The average molecular weight is 511 g/mol. The Morgan fingerprint density at radius 1 is 0.923 bits per heavy atom. The molecule has 3 N–H and O–H groups in total. The predicted molar refractivity (Wildman–Crippen MR) is 151 cm³/mol. The van der Waals surface area contributed by atoms with Crippen molar-refractivity contribution in [2.24, 2.45) is 0 Å². The standard InChI is InChI=1S/C30H22N8O/c1-18-16-38(17-32-18)26-9-5-8-25-28(26)35-29(34-25)27-23-13-20(10-11-24(23)36-37-27)21-12-22(15-31-14-21)33-30(39)19-6-3-2-4-7-19/h2-17H,1H3,(H,33,39)(H,34,35)(H,36,37). The summed E-state index contributed by atoms with van der Waals surface area (Å²) in [6.07, 6.45) is 7.18. The molecule has 0 saturated carbocycles. The van der Waals surface area contributed by atoms with Crippen molar-refractivity contribution in [3.63, 3.8) is 0 Å². The number of aromatic nitrogens is 7. The first kappa shape index (κ1) is 22.6. The van der Waals surface area contributed by atoms with Crippen LogP contribution in [0.2, 0.25) is 0 Å². The van der Waals surface area contributed by atoms with Crippen molar-refractivity contribution in [1.82, 2.24) is 34.7 Å². The number of anilines is 1. The van der Waals surface area contributed by atoms with Gasteiger partial charge in [0.25, 0.3) is 5.91 Å². The maximum absolute atomic E-state index is 12.6. The zero-order chi connectivity index (χ0) is 26.3. The molecular formula is C30H22N8O. The second kappa shape index (κ2) is 9.07. The van der Waals surface area contributed by atoms with Crippen molar-refractivity contribution in [3.05, 3.63) is 109 Å². The van der Waals surface area contributed by atoms with Crippen LogP contribution < -0.4 is 5.32 Å². The van der Waals surface area contributed by atoms with Gasteiger partial charge < -0.3 is 14.9 Å². The summed E-state index contributed by atoms with van der Waals surface area (Å²) in [7, 11) is 0. The molecular weight excluding hydrogens is 488 g/mol. The van der Waals surface area contributed by atoms with Crippen LogP contribution in [0.4, 0.5) is 5.69 Å². The molecule has 0 spiro atoms. The van der Waals surface area contributed by atoms with Crippen LogP contribution in [0.3, 0.4) is 0 Å². The first-order chi connectivity index (χ1) is 19.1. The average Bonchev–Trinajstić information content (AvgIpc) is 3.71. The van der Waals surface area contributed by atoms with Crippen LogP contribution in [0.15, 0.2) is 97.7 Å². The van der Waals surface area contributed by atoms with Crippen LogP contribution in [-0.4, -0.2) is 40.6 Å². The van der Waals surface area contributed by atoms with Crippen LogP contribution in [0, 0.1) is 6.92 Å². The fraction of sp³-hybridized carbons (Fsp3) is 0.0333. The summed E-state index contributed by atoms with van der Waals surface area (Å²) >= 11 is 0. The normalized spacial score (nSPS) is 11.3. The Labute approximate surface area is 222 Å². The molecule has 4 heterocycles. The molecule has 0 bridgehead atoms. The van der Waals surface area contributed by atoms with E-state index in [0.29, 0.717) is 17.1 Å². The van der Waals surface area contributed by atoms with E-state index in [4.69, 9.17) is 4.98 Å². The third-order valence-corrected chi connectivity index (χ3v) is 6.63. The van der Waals surface area contributed by atoms with E-state index in [9.17, 15) is 4.79 Å². The molecule has 0 aliphatic carbocycles. The van der Waals surface area contributed by atoms with Gasteiger partial charge >= 0.3 is 0 Å². The number of hydrogen-bond acceptors (Lipinski definition) is 5. The largest absolute Gasteiger partial charge is 0.336 e. The van der Waals surface area contributed by atoms with Gasteiger partial charge in [0, 0.05) is 28.9 Å². The molecule has 7 aromatic rings. The Hall–Kier alpha value is -5.57. The van der Waals surface area contributed by atoms with Crippen molar-refractivity contribution in [2.45, 2.75) is 6.92 Å². The van der Waals surface area contributed by atoms with Gasteiger partial charge in [0.15, 0.2) is 5.82 Å². The summed E-state index contributed by atoms with van der Waals surface area (Å²) in [4.78, 5) is 29.7. The van der Waals surface area contributed by atoms with Crippen LogP contribution >= 0.6 is 0 Å². The smallest absolute Gasteiger partial charge is 0.255 e. The van der Waals surface area contributed by atoms with Gasteiger partial charge in [-0.05, 0) is 55.0 Å². The van der Waals surface area contributed by atoms with Gasteiger partial charge in [-0.1, -0.05) is 30.3 Å². The molecule has 0 unspecified atom stereocenters. The fourth-order valence-corrected chi connectivity index (χ4v) is 4.72. The lowest BCUT2D eigenvalue weighted by Gasteiger charge is -2.08. The van der Waals surface area contributed by atoms with Crippen molar-refractivity contribution in [2.75, 3.05) is 5.32 Å². The SMILES string of the molecule is Cc1cn(-c2cccc3[nH]c(-c4n[nH]c5ccc(-c6cncc(NC(=O)c7ccccc7)c6)cc45)nc23)cn1. The summed E-state index contributed by atoms with van der Waals surface area (Å²) < 4.78 is 1.97. The minimum absolute atomic E-state index is 0.183. The number of carbonyl (C=O) groups is 1. The van der Waals surface area contributed by atoms with Gasteiger partial charge in [-0.25, -0.2) is 9.97 Å². The van der Waals surface area contributed by atoms with Gasteiger partial charge in [0.2, 0.25) is 0 Å². The summed E-state index contributed by atoms with van der Waals surface area (Å²) in [5.41, 5.74) is 8.26. The molecule has 1 amide bonds. The number of nitrogens with zero attached hydrogens (tertiary/aromatic N) is 5. The Balaban J connectivity index is 1.25. The number of pyridine rings is 1. The molecule has 0 atom stereocenters. The molecule has 9 nitrogen and oxygen atoms in total. The number of H-pyrrole nitrogens is 2. The molecule has 0 radical (unpaired) electrons. The third-order valence-electron chi connectivity index (χ3n) is 6.63. The zero-order valence-corrected chi connectivity index (χ0v) is 20.9. The lowest BCUT2D eigenvalue weighted by Crippen LogP contribution is -2.11. The van der Waals surface area contributed by atoms with Crippen molar-refractivity contribution in [3.8, 4) is 28.3 Å².